The van der Waals surface area contributed by atoms with Crippen molar-refractivity contribution in [3.63, 3.8) is 0 Å². The summed E-state index contributed by atoms with van der Waals surface area (Å²) in [7, 11) is -3.07. The van der Waals surface area contributed by atoms with Gasteiger partial charge >= 0.3 is 0 Å². The van der Waals surface area contributed by atoms with Crippen LogP contribution >= 0.6 is 0 Å². The third-order valence-electron chi connectivity index (χ3n) is 4.37. The number of piperidine rings is 1. The molecule has 0 aliphatic carbocycles. The molecule has 2 heterocycles. The van der Waals surface area contributed by atoms with E-state index in [1.807, 2.05) is 4.31 Å². The van der Waals surface area contributed by atoms with Gasteiger partial charge in [-0.2, -0.15) is 4.31 Å². The average Bonchev–Trinajstić information content (AvgIpc) is 2.90. The van der Waals surface area contributed by atoms with Gasteiger partial charge in [-0.05, 0) is 44.6 Å². The molecule has 1 N–H and O–H groups in total. The van der Waals surface area contributed by atoms with Crippen molar-refractivity contribution in [2.75, 3.05) is 18.8 Å². The van der Waals surface area contributed by atoms with Crippen LogP contribution in [0.3, 0.4) is 0 Å². The van der Waals surface area contributed by atoms with Crippen LogP contribution in [0.15, 0.2) is 0 Å². The summed E-state index contributed by atoms with van der Waals surface area (Å²) in [5.41, 5.74) is 0. The molecule has 0 radical (unpaired) electrons. The fourth-order valence-corrected chi connectivity index (χ4v) is 5.30. The maximum absolute atomic E-state index is 12.6. The van der Waals surface area contributed by atoms with Crippen LogP contribution in [0, 0.1) is 5.92 Å². The third kappa shape index (κ3) is 3.92. The summed E-state index contributed by atoms with van der Waals surface area (Å²) < 4.78 is 26.9. The molecule has 2 fully saturated rings. The lowest BCUT2D eigenvalue weighted by Gasteiger charge is -2.38. The summed E-state index contributed by atoms with van der Waals surface area (Å²) in [6.45, 7) is 5.94. The first-order valence-corrected chi connectivity index (χ1v) is 9.34. The van der Waals surface area contributed by atoms with E-state index < -0.39 is 10.0 Å². The maximum atomic E-state index is 12.6. The number of sulfonamides is 1. The molecule has 0 aromatic carbocycles. The van der Waals surface area contributed by atoms with Crippen molar-refractivity contribution in [1.29, 1.82) is 0 Å². The lowest BCUT2D eigenvalue weighted by atomic mass is 9.97. The lowest BCUT2D eigenvalue weighted by molar-refractivity contribution is 0.210. The number of nitrogens with one attached hydrogen (secondary N) is 1. The normalized spacial score (nSPS) is 30.1. The van der Waals surface area contributed by atoms with Gasteiger partial charge in [-0.15, -0.1) is 0 Å². The van der Waals surface area contributed by atoms with Crippen molar-refractivity contribution in [1.82, 2.24) is 9.62 Å². The van der Waals surface area contributed by atoms with Crippen molar-refractivity contribution >= 4 is 10.0 Å². The summed E-state index contributed by atoms with van der Waals surface area (Å²) >= 11 is 0. The topological polar surface area (TPSA) is 49.4 Å². The monoisotopic (exact) mass is 288 g/mol. The van der Waals surface area contributed by atoms with Crippen LogP contribution in [-0.2, 0) is 10.0 Å². The Kier molecular flexibility index (Phi) is 5.26. The van der Waals surface area contributed by atoms with Gasteiger partial charge in [0.2, 0.25) is 10.0 Å². The highest BCUT2D eigenvalue weighted by molar-refractivity contribution is 7.89. The van der Waals surface area contributed by atoms with E-state index in [-0.39, 0.29) is 6.04 Å². The number of rotatable bonds is 5. The molecule has 2 aliphatic rings. The highest BCUT2D eigenvalue weighted by Crippen LogP contribution is 2.27. The van der Waals surface area contributed by atoms with Crippen LogP contribution in [0.4, 0.5) is 0 Å². The summed E-state index contributed by atoms with van der Waals surface area (Å²) in [4.78, 5) is 0. The second-order valence-corrected chi connectivity index (χ2v) is 8.42. The van der Waals surface area contributed by atoms with E-state index in [2.05, 4.69) is 19.2 Å². The molecule has 112 valence electrons. The predicted octanol–water partition coefficient (Wildman–Crippen LogP) is 1.97. The average molecular weight is 288 g/mol. The Morgan fingerprint density at radius 2 is 2.00 bits per heavy atom. The molecule has 19 heavy (non-hydrogen) atoms. The highest BCUT2D eigenvalue weighted by atomic mass is 32.2. The fourth-order valence-electron chi connectivity index (χ4n) is 3.22. The number of hydrogen-bond acceptors (Lipinski definition) is 3. The van der Waals surface area contributed by atoms with Gasteiger partial charge in [0.25, 0.3) is 0 Å². The van der Waals surface area contributed by atoms with Gasteiger partial charge in [0.15, 0.2) is 0 Å². The smallest absolute Gasteiger partial charge is 0.214 e. The van der Waals surface area contributed by atoms with Crippen LogP contribution in [0.1, 0.15) is 52.4 Å². The summed E-state index contributed by atoms with van der Waals surface area (Å²) in [6, 6.07) is 0.586. The van der Waals surface area contributed by atoms with Crippen molar-refractivity contribution in [3.05, 3.63) is 0 Å². The van der Waals surface area contributed by atoms with Crippen molar-refractivity contribution in [3.8, 4) is 0 Å². The molecular formula is C14H28N2O2S. The first-order valence-electron chi connectivity index (χ1n) is 7.73. The number of nitrogens with zero attached hydrogens (tertiary/aromatic N) is 1. The maximum Gasteiger partial charge on any atom is 0.214 e. The van der Waals surface area contributed by atoms with Gasteiger partial charge in [-0.1, -0.05) is 20.3 Å². The van der Waals surface area contributed by atoms with Gasteiger partial charge in [-0.25, -0.2) is 8.42 Å². The van der Waals surface area contributed by atoms with Gasteiger partial charge in [-0.3, -0.25) is 0 Å². The van der Waals surface area contributed by atoms with Crippen LogP contribution < -0.4 is 5.32 Å². The van der Waals surface area contributed by atoms with E-state index in [0.29, 0.717) is 17.7 Å². The van der Waals surface area contributed by atoms with Gasteiger partial charge in [0.1, 0.15) is 0 Å². The third-order valence-corrected chi connectivity index (χ3v) is 6.29. The Balaban J connectivity index is 2.05. The standard InChI is InChI=1S/C14H28N2O2S/c1-12(2)8-11-19(17,18)16-10-4-3-7-14(16)13-6-5-9-15-13/h12-15H,3-11H2,1-2H3. The van der Waals surface area contributed by atoms with Gasteiger partial charge in [0.05, 0.1) is 5.75 Å². The Bertz CT molecular complexity index is 375. The molecule has 2 rings (SSSR count). The van der Waals surface area contributed by atoms with E-state index in [9.17, 15) is 8.42 Å². The summed E-state index contributed by atoms with van der Waals surface area (Å²) in [6.07, 6.45) is 6.29. The lowest BCUT2D eigenvalue weighted by Crippen LogP contribution is -2.53. The van der Waals surface area contributed by atoms with Crippen molar-refractivity contribution < 1.29 is 8.42 Å². The van der Waals surface area contributed by atoms with E-state index >= 15 is 0 Å². The highest BCUT2D eigenvalue weighted by Gasteiger charge is 2.37. The molecule has 2 saturated heterocycles. The van der Waals surface area contributed by atoms with Crippen LogP contribution in [0.25, 0.3) is 0 Å². The summed E-state index contributed by atoms with van der Waals surface area (Å²) in [5.74, 6) is 0.760. The van der Waals surface area contributed by atoms with Crippen LogP contribution in [0.2, 0.25) is 0 Å². The minimum atomic E-state index is -3.07. The molecule has 2 atom stereocenters. The molecular weight excluding hydrogens is 260 g/mol. The molecule has 0 amide bonds. The minimum absolute atomic E-state index is 0.202. The largest absolute Gasteiger partial charge is 0.312 e. The van der Waals surface area contributed by atoms with Crippen molar-refractivity contribution in [2.45, 2.75) is 64.5 Å². The quantitative estimate of drug-likeness (QED) is 0.841. The van der Waals surface area contributed by atoms with E-state index in [1.165, 1.54) is 12.8 Å². The molecule has 0 aromatic rings. The van der Waals surface area contributed by atoms with Crippen LogP contribution in [-0.4, -0.2) is 43.6 Å². The van der Waals surface area contributed by atoms with Gasteiger partial charge < -0.3 is 5.32 Å². The zero-order chi connectivity index (χ0) is 13.9. The Labute approximate surface area is 118 Å². The van der Waals surface area contributed by atoms with E-state index in [1.54, 1.807) is 0 Å². The van der Waals surface area contributed by atoms with E-state index in [0.717, 1.165) is 38.8 Å². The molecule has 2 aliphatic heterocycles. The molecule has 4 nitrogen and oxygen atoms in total. The first-order chi connectivity index (χ1) is 9.00. The zero-order valence-electron chi connectivity index (χ0n) is 12.3. The zero-order valence-corrected chi connectivity index (χ0v) is 13.1. The number of hydrogen-bond donors (Lipinski definition) is 1. The molecule has 2 unspecified atom stereocenters. The fraction of sp³-hybridized carbons (Fsp3) is 1.00. The summed E-state index contributed by atoms with van der Waals surface area (Å²) in [5, 5.41) is 3.49. The molecule has 0 saturated carbocycles. The molecule has 5 heteroatoms. The SMILES string of the molecule is CC(C)CCS(=O)(=O)N1CCCCC1C1CCCN1. The Morgan fingerprint density at radius 1 is 1.21 bits per heavy atom. The van der Waals surface area contributed by atoms with Crippen LogP contribution in [0.5, 0.6) is 0 Å². The second kappa shape index (κ2) is 6.55. The molecule has 0 spiro atoms. The molecule has 0 aromatic heterocycles. The minimum Gasteiger partial charge on any atom is -0.312 e. The second-order valence-electron chi connectivity index (χ2n) is 6.38. The Morgan fingerprint density at radius 3 is 2.63 bits per heavy atom. The first kappa shape index (κ1) is 15.3. The Hall–Kier alpha value is -0.130. The van der Waals surface area contributed by atoms with Crippen molar-refractivity contribution in [2.24, 2.45) is 5.92 Å². The molecule has 0 bridgehead atoms. The van der Waals surface area contributed by atoms with E-state index in [4.69, 9.17) is 0 Å². The van der Waals surface area contributed by atoms with Gasteiger partial charge in [0, 0.05) is 18.6 Å². The predicted molar refractivity (Wildman–Crippen MR) is 78.6 cm³/mol.